The minimum Gasteiger partial charge on any atom is -0.325 e. The number of carbonyl (C=O) groups excluding carboxylic acids is 1. The van der Waals surface area contributed by atoms with E-state index in [4.69, 9.17) is 0 Å². The lowest BCUT2D eigenvalue weighted by Gasteiger charge is -2.08. The summed E-state index contributed by atoms with van der Waals surface area (Å²) in [5, 5.41) is 2.94. The number of anilines is 1. The van der Waals surface area contributed by atoms with Crippen LogP contribution >= 0.6 is 23.3 Å². The van der Waals surface area contributed by atoms with Crippen LogP contribution in [0.3, 0.4) is 0 Å². The molecule has 0 aliphatic carbocycles. The second-order valence-electron chi connectivity index (χ2n) is 5.41. The third-order valence-corrected chi connectivity index (χ3v) is 5.26. The smallest absolute Gasteiger partial charge is 0.234 e. The number of benzene rings is 2. The van der Waals surface area contributed by atoms with E-state index < -0.39 is 0 Å². The number of rotatable bonds is 5. The fourth-order valence-corrected chi connectivity index (χ4v) is 3.66. The van der Waals surface area contributed by atoms with Gasteiger partial charge in [-0.15, -0.1) is 0 Å². The molecule has 2 aromatic carbocycles. The Morgan fingerprint density at radius 1 is 1.17 bits per heavy atom. The molecule has 3 rings (SSSR count). The van der Waals surface area contributed by atoms with Gasteiger partial charge in [-0.05, 0) is 37.0 Å². The Morgan fingerprint density at radius 2 is 1.96 bits per heavy atom. The molecule has 24 heavy (non-hydrogen) atoms. The number of nitrogens with one attached hydrogen (secondary N) is 1. The van der Waals surface area contributed by atoms with Gasteiger partial charge in [0.2, 0.25) is 5.91 Å². The van der Waals surface area contributed by atoms with Gasteiger partial charge in [0.15, 0.2) is 10.2 Å². The van der Waals surface area contributed by atoms with Gasteiger partial charge in [-0.1, -0.05) is 59.8 Å². The molecule has 0 aliphatic heterocycles. The third-order valence-electron chi connectivity index (χ3n) is 3.42. The number of amides is 1. The molecule has 122 valence electrons. The van der Waals surface area contributed by atoms with Crippen molar-refractivity contribution in [2.75, 3.05) is 11.1 Å². The predicted molar refractivity (Wildman–Crippen MR) is 101 cm³/mol. The standard InChI is InChI=1S/C18H17N3OS2/c1-12-8-9-15(13(2)10-12)19-16(22)11-23-18-20-17(21-24-18)14-6-4-3-5-7-14/h3-10H,11H2,1-2H3,(H,19,22). The molecule has 4 nitrogen and oxygen atoms in total. The molecule has 1 amide bonds. The summed E-state index contributed by atoms with van der Waals surface area (Å²) in [4.78, 5) is 16.6. The molecule has 1 heterocycles. The van der Waals surface area contributed by atoms with Crippen molar-refractivity contribution in [1.82, 2.24) is 9.36 Å². The van der Waals surface area contributed by atoms with E-state index in [1.54, 1.807) is 0 Å². The van der Waals surface area contributed by atoms with Gasteiger partial charge in [-0.25, -0.2) is 4.98 Å². The summed E-state index contributed by atoms with van der Waals surface area (Å²) in [6, 6.07) is 15.8. The van der Waals surface area contributed by atoms with E-state index in [-0.39, 0.29) is 5.91 Å². The number of hydrogen-bond acceptors (Lipinski definition) is 5. The van der Waals surface area contributed by atoms with E-state index in [1.807, 2.05) is 56.3 Å². The van der Waals surface area contributed by atoms with E-state index in [0.29, 0.717) is 11.6 Å². The van der Waals surface area contributed by atoms with Crippen molar-refractivity contribution in [3.05, 3.63) is 59.7 Å². The molecular weight excluding hydrogens is 338 g/mol. The zero-order chi connectivity index (χ0) is 16.9. The van der Waals surface area contributed by atoms with Crippen LogP contribution in [0.2, 0.25) is 0 Å². The van der Waals surface area contributed by atoms with Crippen LogP contribution in [0.4, 0.5) is 5.69 Å². The van der Waals surface area contributed by atoms with E-state index >= 15 is 0 Å². The van der Waals surface area contributed by atoms with Gasteiger partial charge < -0.3 is 5.32 Å². The first-order valence-electron chi connectivity index (χ1n) is 7.51. The van der Waals surface area contributed by atoms with Gasteiger partial charge in [-0.2, -0.15) is 4.37 Å². The number of nitrogens with zero attached hydrogens (tertiary/aromatic N) is 2. The first-order valence-corrected chi connectivity index (χ1v) is 9.27. The fourth-order valence-electron chi connectivity index (χ4n) is 2.24. The molecule has 3 aromatic rings. The Labute approximate surface area is 149 Å². The van der Waals surface area contributed by atoms with Gasteiger partial charge in [0.1, 0.15) is 0 Å². The molecule has 1 aromatic heterocycles. The molecule has 6 heteroatoms. The first kappa shape index (κ1) is 16.7. The zero-order valence-electron chi connectivity index (χ0n) is 13.4. The highest BCUT2D eigenvalue weighted by Crippen LogP contribution is 2.25. The van der Waals surface area contributed by atoms with Gasteiger partial charge in [-0.3, -0.25) is 4.79 Å². The van der Waals surface area contributed by atoms with E-state index in [2.05, 4.69) is 20.7 Å². The third kappa shape index (κ3) is 4.21. The van der Waals surface area contributed by atoms with Crippen molar-refractivity contribution < 1.29 is 4.79 Å². The number of hydrogen-bond donors (Lipinski definition) is 1. The van der Waals surface area contributed by atoms with Crippen LogP contribution in [0.15, 0.2) is 52.9 Å². The topological polar surface area (TPSA) is 54.9 Å². The molecule has 0 fully saturated rings. The van der Waals surface area contributed by atoms with Gasteiger partial charge in [0, 0.05) is 11.3 Å². The Balaban J connectivity index is 1.58. The summed E-state index contributed by atoms with van der Waals surface area (Å²) in [6.45, 7) is 4.03. The van der Waals surface area contributed by atoms with Crippen LogP contribution in [-0.2, 0) is 4.79 Å². The monoisotopic (exact) mass is 355 g/mol. The average molecular weight is 355 g/mol. The summed E-state index contributed by atoms with van der Waals surface area (Å²) in [5.74, 6) is 0.984. The van der Waals surface area contributed by atoms with E-state index in [1.165, 1.54) is 28.9 Å². The van der Waals surface area contributed by atoms with Crippen LogP contribution in [0.1, 0.15) is 11.1 Å². The highest BCUT2D eigenvalue weighted by molar-refractivity contribution is 8.01. The van der Waals surface area contributed by atoms with Crippen molar-refractivity contribution in [3.63, 3.8) is 0 Å². The molecule has 0 saturated carbocycles. The molecule has 0 bridgehead atoms. The summed E-state index contributed by atoms with van der Waals surface area (Å²) in [6.07, 6.45) is 0. The van der Waals surface area contributed by atoms with Gasteiger partial charge >= 0.3 is 0 Å². The second-order valence-corrected chi connectivity index (χ2v) is 7.38. The molecule has 0 aliphatic rings. The summed E-state index contributed by atoms with van der Waals surface area (Å²) < 4.78 is 5.15. The Morgan fingerprint density at radius 3 is 2.71 bits per heavy atom. The number of aromatic nitrogens is 2. The molecule has 0 unspecified atom stereocenters. The van der Waals surface area contributed by atoms with Crippen molar-refractivity contribution in [2.24, 2.45) is 0 Å². The number of carbonyl (C=O) groups is 1. The first-order chi connectivity index (χ1) is 11.6. The predicted octanol–water partition coefficient (Wildman–Crippen LogP) is 4.55. The minimum absolute atomic E-state index is 0.0385. The largest absolute Gasteiger partial charge is 0.325 e. The maximum absolute atomic E-state index is 12.1. The van der Waals surface area contributed by atoms with Gasteiger partial charge in [0.25, 0.3) is 0 Å². The Bertz CT molecular complexity index is 846. The normalized spacial score (nSPS) is 10.6. The van der Waals surface area contributed by atoms with Crippen LogP contribution in [-0.4, -0.2) is 21.0 Å². The van der Waals surface area contributed by atoms with Crippen LogP contribution in [0.25, 0.3) is 11.4 Å². The lowest BCUT2D eigenvalue weighted by Crippen LogP contribution is -2.14. The van der Waals surface area contributed by atoms with Crippen LogP contribution < -0.4 is 5.32 Å². The highest BCUT2D eigenvalue weighted by Gasteiger charge is 2.10. The Hall–Kier alpha value is -2.18. The van der Waals surface area contributed by atoms with Crippen molar-refractivity contribution in [1.29, 1.82) is 0 Å². The lowest BCUT2D eigenvalue weighted by molar-refractivity contribution is -0.113. The Kier molecular flexibility index (Phi) is 5.27. The molecule has 0 saturated heterocycles. The fraction of sp³-hybridized carbons (Fsp3) is 0.167. The maximum Gasteiger partial charge on any atom is 0.234 e. The van der Waals surface area contributed by atoms with E-state index in [0.717, 1.165) is 21.2 Å². The quantitative estimate of drug-likeness (QED) is 0.682. The summed E-state index contributed by atoms with van der Waals surface area (Å²) in [7, 11) is 0. The van der Waals surface area contributed by atoms with Crippen LogP contribution in [0, 0.1) is 13.8 Å². The average Bonchev–Trinajstić information content (AvgIpc) is 3.05. The number of thioether (sulfide) groups is 1. The molecule has 0 atom stereocenters. The van der Waals surface area contributed by atoms with Crippen molar-refractivity contribution in [3.8, 4) is 11.4 Å². The van der Waals surface area contributed by atoms with E-state index in [9.17, 15) is 4.79 Å². The molecule has 0 radical (unpaired) electrons. The number of aryl methyl sites for hydroxylation is 2. The lowest BCUT2D eigenvalue weighted by atomic mass is 10.1. The highest BCUT2D eigenvalue weighted by atomic mass is 32.2. The SMILES string of the molecule is Cc1ccc(NC(=O)CSc2nc(-c3ccccc3)ns2)c(C)c1. The van der Waals surface area contributed by atoms with Crippen molar-refractivity contribution in [2.45, 2.75) is 18.2 Å². The minimum atomic E-state index is -0.0385. The van der Waals surface area contributed by atoms with Crippen LogP contribution in [0.5, 0.6) is 0 Å². The second kappa shape index (κ2) is 7.59. The summed E-state index contributed by atoms with van der Waals surface area (Å²) >= 11 is 2.72. The van der Waals surface area contributed by atoms with Crippen molar-refractivity contribution >= 4 is 34.9 Å². The molecule has 1 N–H and O–H groups in total. The molecular formula is C18H17N3OS2. The summed E-state index contributed by atoms with van der Waals surface area (Å²) in [5.41, 5.74) is 4.09. The zero-order valence-corrected chi connectivity index (χ0v) is 15.1. The maximum atomic E-state index is 12.1. The van der Waals surface area contributed by atoms with Gasteiger partial charge in [0.05, 0.1) is 5.75 Å². The molecule has 0 spiro atoms.